The molecule has 0 bridgehead atoms. The molecule has 3 amide bonds. The minimum Gasteiger partial charge on any atom is -0.493 e. The van der Waals surface area contributed by atoms with Crippen LogP contribution in [0.4, 0.5) is 16.3 Å². The first kappa shape index (κ1) is 19.5. The van der Waals surface area contributed by atoms with E-state index in [2.05, 4.69) is 15.7 Å². The van der Waals surface area contributed by atoms with Gasteiger partial charge < -0.3 is 20.1 Å². The van der Waals surface area contributed by atoms with Gasteiger partial charge in [-0.1, -0.05) is 0 Å². The molecule has 1 aliphatic rings. The fourth-order valence-corrected chi connectivity index (χ4v) is 3.33. The highest BCUT2D eigenvalue weighted by Crippen LogP contribution is 2.29. The lowest BCUT2D eigenvalue weighted by Crippen LogP contribution is -2.53. The van der Waals surface area contributed by atoms with Crippen LogP contribution in [-0.4, -0.2) is 48.5 Å². The Kier molecular flexibility index (Phi) is 5.72. The van der Waals surface area contributed by atoms with Crippen molar-refractivity contribution in [1.82, 2.24) is 15.1 Å². The smallest absolute Gasteiger partial charge is 0.319 e. The van der Waals surface area contributed by atoms with Gasteiger partial charge in [-0.2, -0.15) is 5.10 Å². The van der Waals surface area contributed by atoms with Gasteiger partial charge in [-0.3, -0.25) is 14.4 Å². The Morgan fingerprint density at radius 3 is 2.61 bits per heavy atom. The van der Waals surface area contributed by atoms with Crippen molar-refractivity contribution in [3.8, 4) is 11.5 Å². The second-order valence-corrected chi connectivity index (χ2v) is 6.62. The number of benzene rings is 1. The van der Waals surface area contributed by atoms with Gasteiger partial charge in [0.25, 0.3) is 5.91 Å². The van der Waals surface area contributed by atoms with Crippen molar-refractivity contribution in [2.45, 2.75) is 25.8 Å². The van der Waals surface area contributed by atoms with Gasteiger partial charge in [0.1, 0.15) is 11.9 Å². The van der Waals surface area contributed by atoms with Crippen LogP contribution >= 0.6 is 0 Å². The summed E-state index contributed by atoms with van der Waals surface area (Å²) in [4.78, 5) is 26.9. The number of nitrogens with one attached hydrogen (secondary N) is 2. The molecule has 1 aromatic carbocycles. The molecule has 1 atom stereocenters. The van der Waals surface area contributed by atoms with Crippen molar-refractivity contribution in [1.29, 1.82) is 0 Å². The first-order valence-electron chi connectivity index (χ1n) is 9.04. The highest BCUT2D eigenvalue weighted by atomic mass is 16.5. The average molecular weight is 387 g/mol. The Morgan fingerprint density at radius 1 is 1.21 bits per heavy atom. The number of amides is 3. The lowest BCUT2D eigenvalue weighted by molar-refractivity contribution is -0.121. The Labute approximate surface area is 163 Å². The van der Waals surface area contributed by atoms with Crippen LogP contribution in [0.3, 0.4) is 0 Å². The Balaban J connectivity index is 1.66. The number of nitrogens with zero attached hydrogens (tertiary/aromatic N) is 3. The number of carbonyl (C=O) groups excluding carboxylic acids is 2. The SMILES string of the molecule is COc1ccc(NC(=O)NC2CCCN(c3cc(C)nn3C)C2=O)cc1OC. The zero-order valence-electron chi connectivity index (χ0n) is 16.5. The molecule has 1 aromatic heterocycles. The van der Waals surface area contributed by atoms with E-state index in [9.17, 15) is 9.59 Å². The number of ether oxygens (including phenoxy) is 2. The molecule has 0 spiro atoms. The summed E-state index contributed by atoms with van der Waals surface area (Å²) < 4.78 is 12.1. The summed E-state index contributed by atoms with van der Waals surface area (Å²) in [6, 6.07) is 5.88. The van der Waals surface area contributed by atoms with Crippen molar-refractivity contribution >= 4 is 23.4 Å². The average Bonchev–Trinajstić information content (AvgIpc) is 3.01. The zero-order valence-corrected chi connectivity index (χ0v) is 16.5. The van der Waals surface area contributed by atoms with Crippen LogP contribution in [0, 0.1) is 6.92 Å². The van der Waals surface area contributed by atoms with E-state index in [1.807, 2.05) is 13.0 Å². The van der Waals surface area contributed by atoms with E-state index in [1.54, 1.807) is 41.9 Å². The zero-order chi connectivity index (χ0) is 20.3. The number of rotatable bonds is 5. The number of carbonyl (C=O) groups is 2. The summed E-state index contributed by atoms with van der Waals surface area (Å²) in [6.45, 7) is 2.48. The van der Waals surface area contributed by atoms with Gasteiger partial charge in [-0.05, 0) is 31.9 Å². The predicted octanol–water partition coefficient (Wildman–Crippen LogP) is 2.06. The number of anilines is 2. The van der Waals surface area contributed by atoms with Gasteiger partial charge in [0, 0.05) is 31.4 Å². The van der Waals surface area contributed by atoms with Gasteiger partial charge >= 0.3 is 6.03 Å². The molecule has 1 unspecified atom stereocenters. The van der Waals surface area contributed by atoms with Crippen LogP contribution in [0.1, 0.15) is 18.5 Å². The summed E-state index contributed by atoms with van der Waals surface area (Å²) in [7, 11) is 4.87. The van der Waals surface area contributed by atoms with E-state index >= 15 is 0 Å². The minimum absolute atomic E-state index is 0.142. The minimum atomic E-state index is -0.593. The first-order valence-corrected chi connectivity index (χ1v) is 9.04. The van der Waals surface area contributed by atoms with Gasteiger partial charge in [0.05, 0.1) is 19.9 Å². The molecule has 1 fully saturated rings. The Morgan fingerprint density at radius 2 is 1.96 bits per heavy atom. The number of piperidine rings is 1. The van der Waals surface area contributed by atoms with Crippen LogP contribution < -0.4 is 25.0 Å². The van der Waals surface area contributed by atoms with E-state index in [0.717, 1.165) is 17.9 Å². The fraction of sp³-hybridized carbons (Fsp3) is 0.421. The van der Waals surface area contributed by atoms with Crippen LogP contribution in [0.2, 0.25) is 0 Å². The lowest BCUT2D eigenvalue weighted by Gasteiger charge is -2.32. The van der Waals surface area contributed by atoms with Crippen LogP contribution in [-0.2, 0) is 11.8 Å². The molecule has 2 aromatic rings. The molecular weight excluding hydrogens is 362 g/mol. The summed E-state index contributed by atoms with van der Waals surface area (Å²) >= 11 is 0. The van der Waals surface area contributed by atoms with Crippen LogP contribution in [0.15, 0.2) is 24.3 Å². The molecule has 150 valence electrons. The topological polar surface area (TPSA) is 97.7 Å². The molecule has 0 radical (unpaired) electrons. The van der Waals surface area contributed by atoms with Crippen molar-refractivity contribution in [2.24, 2.45) is 7.05 Å². The van der Waals surface area contributed by atoms with Crippen LogP contribution in [0.5, 0.6) is 11.5 Å². The molecule has 1 saturated heterocycles. The highest BCUT2D eigenvalue weighted by Gasteiger charge is 2.32. The molecule has 9 nitrogen and oxygen atoms in total. The van der Waals surface area contributed by atoms with E-state index in [-0.39, 0.29) is 5.91 Å². The number of urea groups is 1. The van der Waals surface area contributed by atoms with E-state index < -0.39 is 12.1 Å². The molecule has 0 saturated carbocycles. The molecule has 9 heteroatoms. The lowest BCUT2D eigenvalue weighted by atomic mass is 10.0. The Bertz CT molecular complexity index is 879. The third-order valence-electron chi connectivity index (χ3n) is 4.64. The van der Waals surface area contributed by atoms with Gasteiger partial charge in [0.15, 0.2) is 11.5 Å². The third kappa shape index (κ3) is 4.03. The molecule has 0 aliphatic carbocycles. The number of aryl methyl sites for hydroxylation is 2. The predicted molar refractivity (Wildman–Crippen MR) is 105 cm³/mol. The third-order valence-corrected chi connectivity index (χ3v) is 4.64. The summed E-state index contributed by atoms with van der Waals surface area (Å²) in [5, 5.41) is 9.79. The van der Waals surface area contributed by atoms with Crippen molar-refractivity contribution in [3.05, 3.63) is 30.0 Å². The van der Waals surface area contributed by atoms with Crippen LogP contribution in [0.25, 0.3) is 0 Å². The Hall–Kier alpha value is -3.23. The second kappa shape index (κ2) is 8.20. The molecule has 2 N–H and O–H groups in total. The van der Waals surface area contributed by atoms with Crippen molar-refractivity contribution in [3.63, 3.8) is 0 Å². The maximum absolute atomic E-state index is 12.9. The van der Waals surface area contributed by atoms with E-state index in [4.69, 9.17) is 9.47 Å². The highest BCUT2D eigenvalue weighted by molar-refractivity contribution is 6.01. The molecule has 2 heterocycles. The quantitative estimate of drug-likeness (QED) is 0.818. The largest absolute Gasteiger partial charge is 0.493 e. The van der Waals surface area contributed by atoms with E-state index in [1.165, 1.54) is 7.11 Å². The number of aromatic nitrogens is 2. The number of hydrogen-bond acceptors (Lipinski definition) is 5. The van der Waals surface area contributed by atoms with Gasteiger partial charge in [0.2, 0.25) is 0 Å². The molecule has 1 aliphatic heterocycles. The monoisotopic (exact) mass is 387 g/mol. The summed E-state index contributed by atoms with van der Waals surface area (Å²) in [5.41, 5.74) is 1.38. The molecular formula is C19H25N5O4. The van der Waals surface area contributed by atoms with Crippen molar-refractivity contribution in [2.75, 3.05) is 31.0 Å². The molecule has 3 rings (SSSR count). The first-order chi connectivity index (χ1) is 13.4. The second-order valence-electron chi connectivity index (χ2n) is 6.62. The standard InChI is InChI=1S/C19H25N5O4/c1-12-10-17(23(2)22-12)24-9-5-6-14(18(24)25)21-19(26)20-13-7-8-15(27-3)16(11-13)28-4/h7-8,10-11,14H,5-6,9H2,1-4H3,(H2,20,21,26). The summed E-state index contributed by atoms with van der Waals surface area (Å²) in [6.07, 6.45) is 1.38. The van der Waals surface area contributed by atoms with Gasteiger partial charge in [-0.25, -0.2) is 4.79 Å². The normalized spacial score (nSPS) is 16.6. The fourth-order valence-electron chi connectivity index (χ4n) is 3.33. The van der Waals surface area contributed by atoms with Crippen molar-refractivity contribution < 1.29 is 19.1 Å². The van der Waals surface area contributed by atoms with E-state index in [0.29, 0.717) is 30.2 Å². The number of methoxy groups -OCH3 is 2. The van der Waals surface area contributed by atoms with Gasteiger partial charge in [-0.15, -0.1) is 0 Å². The number of hydrogen-bond donors (Lipinski definition) is 2. The molecule has 28 heavy (non-hydrogen) atoms. The maximum atomic E-state index is 12.9. The maximum Gasteiger partial charge on any atom is 0.319 e. The summed E-state index contributed by atoms with van der Waals surface area (Å²) in [5.74, 6) is 1.66.